The second-order valence-corrected chi connectivity index (χ2v) is 7.73. The second-order valence-electron chi connectivity index (χ2n) is 7.30. The minimum Gasteiger partial charge on any atom is -0.369 e. The van der Waals surface area contributed by atoms with Gasteiger partial charge in [0.2, 0.25) is 5.91 Å². The Morgan fingerprint density at radius 3 is 2.50 bits per heavy atom. The molecule has 3 rings (SSSR count). The molecule has 1 saturated heterocycles. The number of anilines is 1. The van der Waals surface area contributed by atoms with E-state index in [0.717, 1.165) is 36.8 Å². The van der Waals surface area contributed by atoms with Gasteiger partial charge in [-0.25, -0.2) is 4.39 Å². The molecule has 2 aromatic carbocycles. The molecule has 0 bridgehead atoms. The molecule has 2 aromatic rings. The van der Waals surface area contributed by atoms with E-state index in [0.29, 0.717) is 13.0 Å². The monoisotopic (exact) mass is 403 g/mol. The summed E-state index contributed by atoms with van der Waals surface area (Å²) in [6, 6.07) is 12.2. The van der Waals surface area contributed by atoms with Crippen molar-refractivity contribution < 1.29 is 9.18 Å². The summed E-state index contributed by atoms with van der Waals surface area (Å²) >= 11 is 6.15. The first-order valence-corrected chi connectivity index (χ1v) is 10.1. The van der Waals surface area contributed by atoms with E-state index < -0.39 is 0 Å². The minimum absolute atomic E-state index is 0.0366. The molecule has 1 heterocycles. The van der Waals surface area contributed by atoms with Crippen LogP contribution >= 0.6 is 11.6 Å². The van der Waals surface area contributed by atoms with Gasteiger partial charge in [-0.1, -0.05) is 29.8 Å². The quantitative estimate of drug-likeness (QED) is 0.799. The van der Waals surface area contributed by atoms with Crippen LogP contribution in [0.15, 0.2) is 42.5 Å². The van der Waals surface area contributed by atoms with Crippen LogP contribution in [0.3, 0.4) is 0 Å². The molecular formula is C22H27ClFN3O. The lowest BCUT2D eigenvalue weighted by Gasteiger charge is -2.39. The number of halogens is 2. The molecule has 0 saturated carbocycles. The van der Waals surface area contributed by atoms with Gasteiger partial charge in [0.1, 0.15) is 5.82 Å². The van der Waals surface area contributed by atoms with Crippen molar-refractivity contribution in [2.75, 3.05) is 37.6 Å². The number of amides is 1. The predicted molar refractivity (Wildman–Crippen MR) is 113 cm³/mol. The number of rotatable bonds is 6. The van der Waals surface area contributed by atoms with Crippen molar-refractivity contribution in [2.24, 2.45) is 0 Å². The molecule has 0 aliphatic carbocycles. The van der Waals surface area contributed by atoms with Crippen molar-refractivity contribution in [1.82, 2.24) is 10.2 Å². The van der Waals surface area contributed by atoms with Crippen LogP contribution in [0.4, 0.5) is 10.1 Å². The fourth-order valence-corrected chi connectivity index (χ4v) is 3.73. The van der Waals surface area contributed by atoms with Crippen LogP contribution in [0.1, 0.15) is 18.1 Å². The van der Waals surface area contributed by atoms with Gasteiger partial charge in [0.15, 0.2) is 0 Å². The van der Waals surface area contributed by atoms with Crippen LogP contribution < -0.4 is 10.2 Å². The molecule has 1 N–H and O–H groups in total. The largest absolute Gasteiger partial charge is 0.369 e. The minimum atomic E-state index is -0.242. The zero-order chi connectivity index (χ0) is 20.1. The highest BCUT2D eigenvalue weighted by molar-refractivity contribution is 6.30. The summed E-state index contributed by atoms with van der Waals surface area (Å²) in [7, 11) is 0. The first-order chi connectivity index (χ1) is 13.4. The normalized spacial score (nSPS) is 16.1. The van der Waals surface area contributed by atoms with E-state index in [1.165, 1.54) is 23.4 Å². The van der Waals surface area contributed by atoms with Crippen molar-refractivity contribution in [3.8, 4) is 0 Å². The number of piperazine rings is 1. The van der Waals surface area contributed by atoms with Crippen LogP contribution in [0.5, 0.6) is 0 Å². The van der Waals surface area contributed by atoms with E-state index in [1.54, 1.807) is 12.1 Å². The summed E-state index contributed by atoms with van der Waals surface area (Å²) in [4.78, 5) is 17.0. The average molecular weight is 404 g/mol. The first kappa shape index (κ1) is 20.6. The molecule has 1 aliphatic heterocycles. The highest BCUT2D eigenvalue weighted by Crippen LogP contribution is 2.25. The Labute approximate surface area is 171 Å². The molecule has 4 nitrogen and oxygen atoms in total. The van der Waals surface area contributed by atoms with Gasteiger partial charge in [0.25, 0.3) is 0 Å². The van der Waals surface area contributed by atoms with E-state index in [4.69, 9.17) is 11.6 Å². The maximum Gasteiger partial charge on any atom is 0.237 e. The number of nitrogens with one attached hydrogen (secondary N) is 1. The van der Waals surface area contributed by atoms with Gasteiger partial charge < -0.3 is 10.2 Å². The van der Waals surface area contributed by atoms with Crippen LogP contribution in [0, 0.1) is 12.7 Å². The van der Waals surface area contributed by atoms with Crippen LogP contribution in [0.25, 0.3) is 0 Å². The Hall–Kier alpha value is -2.11. The summed E-state index contributed by atoms with van der Waals surface area (Å²) in [5.74, 6) is -0.206. The van der Waals surface area contributed by atoms with Crippen molar-refractivity contribution in [2.45, 2.75) is 26.3 Å². The molecule has 1 atom stereocenters. The summed E-state index contributed by atoms with van der Waals surface area (Å²) in [6.07, 6.45) is 0.695. The zero-order valence-electron chi connectivity index (χ0n) is 16.4. The van der Waals surface area contributed by atoms with Gasteiger partial charge >= 0.3 is 0 Å². The maximum atomic E-state index is 12.9. The van der Waals surface area contributed by atoms with Crippen molar-refractivity contribution in [3.05, 3.63) is 64.4 Å². The Kier molecular flexibility index (Phi) is 6.92. The number of aryl methyl sites for hydroxylation is 1. The van der Waals surface area contributed by atoms with Gasteiger partial charge in [0.05, 0.1) is 6.04 Å². The lowest BCUT2D eigenvalue weighted by Crippen LogP contribution is -2.54. The molecule has 0 unspecified atom stereocenters. The SMILES string of the molecule is Cc1ccc(Cl)cc1N1CCN([C@@H](C)C(=O)NCCc2ccc(F)cc2)CC1. The van der Waals surface area contributed by atoms with E-state index in [9.17, 15) is 9.18 Å². The average Bonchev–Trinajstić information content (AvgIpc) is 2.71. The van der Waals surface area contributed by atoms with Gasteiger partial charge in [-0.3, -0.25) is 9.69 Å². The standard InChI is InChI=1S/C22H27ClFN3O/c1-16-3-6-19(23)15-21(16)27-13-11-26(12-14-27)17(2)22(28)25-10-9-18-4-7-20(24)8-5-18/h3-8,15,17H,9-14H2,1-2H3,(H,25,28)/t17-/m0/s1. The summed E-state index contributed by atoms with van der Waals surface area (Å²) < 4.78 is 12.9. The molecule has 1 amide bonds. The van der Waals surface area contributed by atoms with Crippen molar-refractivity contribution >= 4 is 23.2 Å². The summed E-state index contributed by atoms with van der Waals surface area (Å²) in [5.41, 5.74) is 3.40. The predicted octanol–water partition coefficient (Wildman–Crippen LogP) is 3.66. The molecule has 1 aliphatic rings. The number of carbonyl (C=O) groups is 1. The summed E-state index contributed by atoms with van der Waals surface area (Å²) in [6.45, 7) is 8.00. The molecule has 6 heteroatoms. The molecular weight excluding hydrogens is 377 g/mol. The molecule has 0 radical (unpaired) electrons. The topological polar surface area (TPSA) is 35.6 Å². The van der Waals surface area contributed by atoms with Crippen LogP contribution in [-0.4, -0.2) is 49.6 Å². The fraction of sp³-hybridized carbons (Fsp3) is 0.409. The number of carbonyl (C=O) groups excluding carboxylic acids is 1. The number of hydrogen-bond acceptors (Lipinski definition) is 3. The molecule has 0 aromatic heterocycles. The lowest BCUT2D eigenvalue weighted by atomic mass is 10.1. The smallest absolute Gasteiger partial charge is 0.237 e. The molecule has 1 fully saturated rings. The van der Waals surface area contributed by atoms with E-state index in [2.05, 4.69) is 22.0 Å². The third kappa shape index (κ3) is 5.24. The first-order valence-electron chi connectivity index (χ1n) is 9.71. The summed E-state index contributed by atoms with van der Waals surface area (Å²) in [5, 5.41) is 3.74. The van der Waals surface area contributed by atoms with E-state index in [-0.39, 0.29) is 17.8 Å². The van der Waals surface area contributed by atoms with E-state index in [1.807, 2.05) is 25.1 Å². The Morgan fingerprint density at radius 2 is 1.82 bits per heavy atom. The fourth-order valence-electron chi connectivity index (χ4n) is 3.57. The Morgan fingerprint density at radius 1 is 1.14 bits per heavy atom. The van der Waals surface area contributed by atoms with Gasteiger partial charge in [-0.2, -0.15) is 0 Å². The van der Waals surface area contributed by atoms with Gasteiger partial charge in [-0.15, -0.1) is 0 Å². The highest BCUT2D eigenvalue weighted by Gasteiger charge is 2.26. The molecule has 0 spiro atoms. The van der Waals surface area contributed by atoms with Gasteiger partial charge in [0, 0.05) is 43.4 Å². The van der Waals surface area contributed by atoms with E-state index >= 15 is 0 Å². The van der Waals surface area contributed by atoms with Gasteiger partial charge in [-0.05, 0) is 55.7 Å². The van der Waals surface area contributed by atoms with Crippen LogP contribution in [-0.2, 0) is 11.2 Å². The Bertz CT molecular complexity index is 804. The lowest BCUT2D eigenvalue weighted by molar-refractivity contribution is -0.125. The maximum absolute atomic E-state index is 12.9. The van der Waals surface area contributed by atoms with Crippen molar-refractivity contribution in [1.29, 1.82) is 0 Å². The zero-order valence-corrected chi connectivity index (χ0v) is 17.2. The second kappa shape index (κ2) is 9.39. The third-order valence-corrected chi connectivity index (χ3v) is 5.61. The Balaban J connectivity index is 1.46. The number of benzene rings is 2. The molecule has 150 valence electrons. The third-order valence-electron chi connectivity index (χ3n) is 5.38. The van der Waals surface area contributed by atoms with Crippen molar-refractivity contribution in [3.63, 3.8) is 0 Å². The van der Waals surface area contributed by atoms with Crippen LogP contribution in [0.2, 0.25) is 5.02 Å². The molecule has 28 heavy (non-hydrogen) atoms. The highest BCUT2D eigenvalue weighted by atomic mass is 35.5. The number of nitrogens with zero attached hydrogens (tertiary/aromatic N) is 2. The number of hydrogen-bond donors (Lipinski definition) is 1.